The van der Waals surface area contributed by atoms with Crippen LogP contribution in [0, 0.1) is 0 Å². The Balaban J connectivity index is 1.90. The lowest BCUT2D eigenvalue weighted by Gasteiger charge is -2.00. The molecule has 0 aliphatic rings. The maximum absolute atomic E-state index is 11.5. The van der Waals surface area contributed by atoms with Crippen molar-refractivity contribution in [2.24, 2.45) is 4.99 Å². The fraction of sp³-hybridized carbons (Fsp3) is 0.238. The third kappa shape index (κ3) is 6.63. The van der Waals surface area contributed by atoms with Gasteiger partial charge in [0.05, 0.1) is 19.4 Å². The van der Waals surface area contributed by atoms with E-state index >= 15 is 0 Å². The van der Waals surface area contributed by atoms with Crippen LogP contribution in [0.25, 0.3) is 6.08 Å². The highest BCUT2D eigenvalue weighted by Gasteiger charge is 1.96. The smallest absolute Gasteiger partial charge is 0.330 e. The highest BCUT2D eigenvalue weighted by Crippen LogP contribution is 2.15. The zero-order valence-electron chi connectivity index (χ0n) is 14.6. The van der Waals surface area contributed by atoms with Crippen LogP contribution in [0.3, 0.4) is 0 Å². The van der Waals surface area contributed by atoms with Gasteiger partial charge in [-0.25, -0.2) is 4.79 Å². The fourth-order valence-electron chi connectivity index (χ4n) is 2.04. The van der Waals surface area contributed by atoms with Crippen LogP contribution in [-0.4, -0.2) is 25.9 Å². The Morgan fingerprint density at radius 3 is 2.36 bits per heavy atom. The summed E-state index contributed by atoms with van der Waals surface area (Å²) in [6.07, 6.45) is 6.89. The lowest BCUT2D eigenvalue weighted by Crippen LogP contribution is -2.01. The Bertz CT molecular complexity index is 716. The molecule has 0 N–H and O–H groups in total. The first-order chi connectivity index (χ1) is 12.2. The number of hydrogen-bond acceptors (Lipinski definition) is 4. The van der Waals surface area contributed by atoms with E-state index in [4.69, 9.17) is 9.47 Å². The standard InChI is InChI=1S/C21H23NO3/c1-3-4-15-25-21(23)14-9-17-5-10-19(11-6-17)22-16-18-7-12-20(24-2)13-8-18/h5-14,16H,3-4,15H2,1-2H3/b14-9+,22-16?. The summed E-state index contributed by atoms with van der Waals surface area (Å²) in [6, 6.07) is 15.3. The van der Waals surface area contributed by atoms with Gasteiger partial charge >= 0.3 is 5.97 Å². The van der Waals surface area contributed by atoms with E-state index in [-0.39, 0.29) is 5.97 Å². The van der Waals surface area contributed by atoms with Crippen LogP contribution in [0.1, 0.15) is 30.9 Å². The van der Waals surface area contributed by atoms with E-state index in [9.17, 15) is 4.79 Å². The van der Waals surface area contributed by atoms with E-state index in [2.05, 4.69) is 11.9 Å². The maximum Gasteiger partial charge on any atom is 0.330 e. The molecule has 0 aliphatic carbocycles. The Kier molecular flexibility index (Phi) is 7.44. The average Bonchev–Trinajstić information content (AvgIpc) is 2.66. The summed E-state index contributed by atoms with van der Waals surface area (Å²) >= 11 is 0. The lowest BCUT2D eigenvalue weighted by atomic mass is 10.2. The lowest BCUT2D eigenvalue weighted by molar-refractivity contribution is -0.137. The number of aliphatic imine (C=N–C) groups is 1. The van der Waals surface area contributed by atoms with Gasteiger partial charge in [-0.3, -0.25) is 4.99 Å². The minimum atomic E-state index is -0.310. The molecular weight excluding hydrogens is 314 g/mol. The molecule has 0 radical (unpaired) electrons. The quantitative estimate of drug-likeness (QED) is 0.301. The molecule has 0 saturated heterocycles. The van der Waals surface area contributed by atoms with Crippen molar-refractivity contribution in [1.29, 1.82) is 0 Å². The number of ether oxygens (including phenoxy) is 2. The van der Waals surface area contributed by atoms with Gasteiger partial charge < -0.3 is 9.47 Å². The number of carbonyl (C=O) groups is 1. The Morgan fingerprint density at radius 2 is 1.72 bits per heavy atom. The molecule has 2 aromatic carbocycles. The van der Waals surface area contributed by atoms with Crippen LogP contribution < -0.4 is 4.74 Å². The largest absolute Gasteiger partial charge is 0.497 e. The molecule has 2 rings (SSSR count). The number of hydrogen-bond donors (Lipinski definition) is 0. The summed E-state index contributed by atoms with van der Waals surface area (Å²) in [5, 5.41) is 0. The molecule has 0 heterocycles. The molecule has 0 atom stereocenters. The molecule has 0 saturated carbocycles. The van der Waals surface area contributed by atoms with Crippen LogP contribution in [-0.2, 0) is 9.53 Å². The van der Waals surface area contributed by atoms with Gasteiger partial charge in [0.15, 0.2) is 0 Å². The van der Waals surface area contributed by atoms with Crippen LogP contribution in [0.2, 0.25) is 0 Å². The Morgan fingerprint density at radius 1 is 1.04 bits per heavy atom. The van der Waals surface area contributed by atoms with Gasteiger partial charge in [0.25, 0.3) is 0 Å². The second-order valence-electron chi connectivity index (χ2n) is 5.48. The summed E-state index contributed by atoms with van der Waals surface area (Å²) < 4.78 is 10.2. The van der Waals surface area contributed by atoms with Gasteiger partial charge in [0.2, 0.25) is 0 Å². The summed E-state index contributed by atoms with van der Waals surface area (Å²) in [7, 11) is 1.64. The fourth-order valence-corrected chi connectivity index (χ4v) is 2.04. The van der Waals surface area contributed by atoms with Crippen molar-refractivity contribution in [3.8, 4) is 5.75 Å². The number of unbranched alkanes of at least 4 members (excludes halogenated alkanes) is 1. The molecule has 0 fully saturated rings. The molecule has 25 heavy (non-hydrogen) atoms. The SMILES string of the molecule is CCCCOC(=O)/C=C/c1ccc(N=Cc2ccc(OC)cc2)cc1. The molecule has 0 amide bonds. The van der Waals surface area contributed by atoms with Crippen LogP contribution >= 0.6 is 0 Å². The molecule has 0 aromatic heterocycles. The normalized spacial score (nSPS) is 11.1. The van der Waals surface area contributed by atoms with E-state index in [1.165, 1.54) is 6.08 Å². The monoisotopic (exact) mass is 337 g/mol. The van der Waals surface area contributed by atoms with Gasteiger partial charge in [0.1, 0.15) is 5.75 Å². The number of esters is 1. The maximum atomic E-state index is 11.5. The van der Waals surface area contributed by atoms with Crippen molar-refractivity contribution in [1.82, 2.24) is 0 Å². The Hall–Kier alpha value is -2.88. The highest BCUT2D eigenvalue weighted by atomic mass is 16.5. The van der Waals surface area contributed by atoms with E-state index in [0.29, 0.717) is 6.61 Å². The van der Waals surface area contributed by atoms with Gasteiger partial charge in [0, 0.05) is 12.3 Å². The van der Waals surface area contributed by atoms with Crippen molar-refractivity contribution in [2.45, 2.75) is 19.8 Å². The van der Waals surface area contributed by atoms with E-state index in [1.54, 1.807) is 19.4 Å². The number of benzene rings is 2. The van der Waals surface area contributed by atoms with Crippen LogP contribution in [0.4, 0.5) is 5.69 Å². The van der Waals surface area contributed by atoms with Crippen LogP contribution in [0.5, 0.6) is 5.75 Å². The van der Waals surface area contributed by atoms with Crippen molar-refractivity contribution in [3.05, 3.63) is 65.7 Å². The van der Waals surface area contributed by atoms with Crippen molar-refractivity contribution < 1.29 is 14.3 Å². The third-order valence-corrected chi connectivity index (χ3v) is 3.53. The second-order valence-corrected chi connectivity index (χ2v) is 5.48. The van der Waals surface area contributed by atoms with Crippen molar-refractivity contribution in [2.75, 3.05) is 13.7 Å². The minimum absolute atomic E-state index is 0.310. The predicted octanol–water partition coefficient (Wildman–Crippen LogP) is 4.80. The molecule has 0 bridgehead atoms. The van der Waals surface area contributed by atoms with E-state index < -0.39 is 0 Å². The molecule has 0 aliphatic heterocycles. The van der Waals surface area contributed by atoms with E-state index in [1.807, 2.05) is 48.5 Å². The number of carbonyl (C=O) groups excluding carboxylic acids is 1. The summed E-state index contributed by atoms with van der Waals surface area (Å²) in [5.41, 5.74) is 2.77. The topological polar surface area (TPSA) is 47.9 Å². The second kappa shape index (κ2) is 10.1. The van der Waals surface area contributed by atoms with Gasteiger partial charge in [-0.05, 0) is 60.0 Å². The van der Waals surface area contributed by atoms with Crippen LogP contribution in [0.15, 0.2) is 59.6 Å². The molecule has 2 aromatic rings. The van der Waals surface area contributed by atoms with Crippen molar-refractivity contribution >= 4 is 23.9 Å². The molecule has 4 nitrogen and oxygen atoms in total. The Labute approximate surface area is 148 Å². The predicted molar refractivity (Wildman–Crippen MR) is 102 cm³/mol. The molecule has 0 spiro atoms. The third-order valence-electron chi connectivity index (χ3n) is 3.53. The first kappa shape index (κ1) is 18.5. The number of rotatable bonds is 8. The van der Waals surface area contributed by atoms with Crippen molar-refractivity contribution in [3.63, 3.8) is 0 Å². The molecule has 130 valence electrons. The molecular formula is C21H23NO3. The average molecular weight is 337 g/mol. The van der Waals surface area contributed by atoms with Gasteiger partial charge in [-0.2, -0.15) is 0 Å². The summed E-state index contributed by atoms with van der Waals surface area (Å²) in [5.74, 6) is 0.511. The minimum Gasteiger partial charge on any atom is -0.497 e. The molecule has 4 heteroatoms. The summed E-state index contributed by atoms with van der Waals surface area (Å²) in [4.78, 5) is 16.0. The number of nitrogens with zero attached hydrogens (tertiary/aromatic N) is 1. The van der Waals surface area contributed by atoms with Gasteiger partial charge in [-0.15, -0.1) is 0 Å². The zero-order valence-corrected chi connectivity index (χ0v) is 14.6. The molecule has 0 unspecified atom stereocenters. The summed E-state index contributed by atoms with van der Waals surface area (Å²) in [6.45, 7) is 2.53. The zero-order chi connectivity index (χ0) is 17.9. The first-order valence-electron chi connectivity index (χ1n) is 8.34. The number of methoxy groups -OCH3 is 1. The van der Waals surface area contributed by atoms with E-state index in [0.717, 1.165) is 35.4 Å². The highest BCUT2D eigenvalue weighted by molar-refractivity contribution is 5.87. The van der Waals surface area contributed by atoms with Gasteiger partial charge in [-0.1, -0.05) is 25.5 Å². The first-order valence-corrected chi connectivity index (χ1v) is 8.34.